The van der Waals surface area contributed by atoms with Gasteiger partial charge < -0.3 is 10.1 Å². The van der Waals surface area contributed by atoms with Crippen molar-refractivity contribution in [1.82, 2.24) is 20.5 Å². The fourth-order valence-corrected chi connectivity index (χ4v) is 2.61. The molecule has 2 aromatic rings. The molecule has 0 fully saturated rings. The van der Waals surface area contributed by atoms with Gasteiger partial charge in [0, 0.05) is 18.3 Å². The number of nitrogens with one attached hydrogen (secondary N) is 2. The molecular formula is C18H24N4O3. The predicted molar refractivity (Wildman–Crippen MR) is 94.8 cm³/mol. The first-order chi connectivity index (χ1) is 12.0. The first-order valence-electron chi connectivity index (χ1n) is 8.45. The Morgan fingerprint density at radius 1 is 1.24 bits per heavy atom. The van der Waals surface area contributed by atoms with E-state index in [4.69, 9.17) is 4.74 Å². The summed E-state index contributed by atoms with van der Waals surface area (Å²) in [4.78, 5) is 28.5. The number of aromatic amines is 1. The number of ether oxygens (including phenoxy) is 1. The molecule has 7 heteroatoms. The van der Waals surface area contributed by atoms with E-state index >= 15 is 0 Å². The fourth-order valence-electron chi connectivity index (χ4n) is 2.61. The maximum absolute atomic E-state index is 12.4. The number of carbonyl (C=O) groups is 1. The van der Waals surface area contributed by atoms with E-state index < -0.39 is 0 Å². The van der Waals surface area contributed by atoms with Crippen molar-refractivity contribution >= 4 is 5.91 Å². The van der Waals surface area contributed by atoms with Crippen LogP contribution in [0.15, 0.2) is 23.3 Å². The minimum absolute atomic E-state index is 0.00457. The Kier molecular flexibility index (Phi) is 6.27. The second kappa shape index (κ2) is 8.41. The van der Waals surface area contributed by atoms with Gasteiger partial charge in [-0.05, 0) is 38.3 Å². The van der Waals surface area contributed by atoms with Crippen molar-refractivity contribution in [2.24, 2.45) is 0 Å². The van der Waals surface area contributed by atoms with Crippen molar-refractivity contribution < 1.29 is 9.53 Å². The molecule has 0 spiro atoms. The van der Waals surface area contributed by atoms with Crippen molar-refractivity contribution in [2.75, 3.05) is 0 Å². The first-order valence-corrected chi connectivity index (χ1v) is 8.45. The number of hydrogen-bond donors (Lipinski definition) is 2. The van der Waals surface area contributed by atoms with Crippen molar-refractivity contribution in [3.63, 3.8) is 0 Å². The molecule has 0 radical (unpaired) electrons. The van der Waals surface area contributed by atoms with Crippen LogP contribution in [0.4, 0.5) is 0 Å². The van der Waals surface area contributed by atoms with Gasteiger partial charge >= 0.3 is 0 Å². The lowest BCUT2D eigenvalue weighted by molar-refractivity contribution is 0.0949. The minimum atomic E-state index is -0.307. The summed E-state index contributed by atoms with van der Waals surface area (Å²) < 4.78 is 5.55. The van der Waals surface area contributed by atoms with E-state index in [1.165, 1.54) is 6.20 Å². The molecule has 134 valence electrons. The standard InChI is InChI=1S/C18H24N4O3/c1-5-14-15(18(24)22-21-16(14)6-2)10-20-17(23)12-7-13(9-19-8-12)25-11(3)4/h7-9,11H,5-6,10H2,1-4H3,(H,20,23)(H,22,24). The third-order valence-electron chi connectivity index (χ3n) is 3.74. The molecule has 0 aliphatic rings. The summed E-state index contributed by atoms with van der Waals surface area (Å²) in [5.74, 6) is 0.227. The van der Waals surface area contributed by atoms with Crippen LogP contribution in [0.2, 0.25) is 0 Å². The van der Waals surface area contributed by atoms with Gasteiger partial charge in [-0.2, -0.15) is 5.10 Å². The molecule has 0 aliphatic carbocycles. The minimum Gasteiger partial charge on any atom is -0.489 e. The molecule has 0 unspecified atom stereocenters. The summed E-state index contributed by atoms with van der Waals surface area (Å²) in [6.45, 7) is 7.90. The number of rotatable bonds is 7. The van der Waals surface area contributed by atoms with Gasteiger partial charge in [-0.25, -0.2) is 5.10 Å². The van der Waals surface area contributed by atoms with E-state index in [1.54, 1.807) is 12.3 Å². The van der Waals surface area contributed by atoms with Gasteiger partial charge in [-0.15, -0.1) is 0 Å². The molecule has 2 N–H and O–H groups in total. The summed E-state index contributed by atoms with van der Waals surface area (Å²) in [6, 6.07) is 1.64. The van der Waals surface area contributed by atoms with Gasteiger partial charge in [0.05, 0.1) is 23.6 Å². The van der Waals surface area contributed by atoms with E-state index in [2.05, 4.69) is 20.5 Å². The lowest BCUT2D eigenvalue weighted by Crippen LogP contribution is -2.29. The molecule has 0 saturated carbocycles. The van der Waals surface area contributed by atoms with E-state index in [-0.39, 0.29) is 24.1 Å². The number of aryl methyl sites for hydroxylation is 1. The molecule has 1 amide bonds. The number of aromatic nitrogens is 3. The average Bonchev–Trinajstić information content (AvgIpc) is 2.59. The maximum atomic E-state index is 12.4. The molecule has 7 nitrogen and oxygen atoms in total. The number of carbonyl (C=O) groups excluding carboxylic acids is 1. The summed E-state index contributed by atoms with van der Waals surface area (Å²) in [7, 11) is 0. The highest BCUT2D eigenvalue weighted by Gasteiger charge is 2.14. The van der Waals surface area contributed by atoms with Gasteiger partial charge in [0.1, 0.15) is 5.75 Å². The van der Waals surface area contributed by atoms with E-state index in [0.717, 1.165) is 17.7 Å². The van der Waals surface area contributed by atoms with E-state index in [0.29, 0.717) is 23.3 Å². The number of hydrogen-bond acceptors (Lipinski definition) is 5. The van der Waals surface area contributed by atoms with Crippen molar-refractivity contribution in [3.05, 3.63) is 51.2 Å². The monoisotopic (exact) mass is 344 g/mol. The van der Waals surface area contributed by atoms with Crippen LogP contribution in [-0.4, -0.2) is 27.2 Å². The summed E-state index contributed by atoms with van der Waals surface area (Å²) >= 11 is 0. The van der Waals surface area contributed by atoms with Gasteiger partial charge in [0.15, 0.2) is 0 Å². The molecular weight excluding hydrogens is 320 g/mol. The Balaban J connectivity index is 2.17. The molecule has 2 rings (SSSR count). The topological polar surface area (TPSA) is 97.0 Å². The van der Waals surface area contributed by atoms with Crippen LogP contribution in [0.3, 0.4) is 0 Å². The molecule has 0 aliphatic heterocycles. The average molecular weight is 344 g/mol. The highest BCUT2D eigenvalue weighted by Crippen LogP contribution is 2.14. The zero-order chi connectivity index (χ0) is 18.4. The Bertz CT molecular complexity index is 799. The van der Waals surface area contributed by atoms with Gasteiger partial charge in [-0.1, -0.05) is 13.8 Å². The predicted octanol–water partition coefficient (Wildman–Crippen LogP) is 2.01. The zero-order valence-corrected chi connectivity index (χ0v) is 15.0. The molecule has 0 aromatic carbocycles. The van der Waals surface area contributed by atoms with Crippen molar-refractivity contribution in [3.8, 4) is 5.75 Å². The van der Waals surface area contributed by atoms with Crippen molar-refractivity contribution in [2.45, 2.75) is 53.2 Å². The van der Waals surface area contributed by atoms with E-state index in [1.807, 2.05) is 27.7 Å². The Morgan fingerprint density at radius 2 is 2.00 bits per heavy atom. The molecule has 0 bridgehead atoms. The normalized spacial score (nSPS) is 10.8. The molecule has 0 atom stereocenters. The Morgan fingerprint density at radius 3 is 2.64 bits per heavy atom. The highest BCUT2D eigenvalue weighted by atomic mass is 16.5. The molecule has 2 heterocycles. The first kappa shape index (κ1) is 18.6. The molecule has 25 heavy (non-hydrogen) atoms. The highest BCUT2D eigenvalue weighted by molar-refractivity contribution is 5.94. The summed E-state index contributed by atoms with van der Waals surface area (Å²) in [5.41, 5.74) is 2.40. The number of nitrogens with zero attached hydrogens (tertiary/aromatic N) is 2. The van der Waals surface area contributed by atoms with Crippen LogP contribution < -0.4 is 15.6 Å². The van der Waals surface area contributed by atoms with Gasteiger partial charge in [0.2, 0.25) is 0 Å². The number of H-pyrrole nitrogens is 1. The lowest BCUT2D eigenvalue weighted by atomic mass is 10.0. The van der Waals surface area contributed by atoms with Crippen LogP contribution in [-0.2, 0) is 19.4 Å². The van der Waals surface area contributed by atoms with Crippen LogP contribution in [0.25, 0.3) is 0 Å². The van der Waals surface area contributed by atoms with Crippen LogP contribution in [0, 0.1) is 0 Å². The fraction of sp³-hybridized carbons (Fsp3) is 0.444. The molecule has 2 aromatic heterocycles. The van der Waals surface area contributed by atoms with Gasteiger partial charge in [-0.3, -0.25) is 14.6 Å². The summed E-state index contributed by atoms with van der Waals surface area (Å²) in [5, 5.41) is 9.36. The second-order valence-corrected chi connectivity index (χ2v) is 5.92. The lowest BCUT2D eigenvalue weighted by Gasteiger charge is -2.12. The smallest absolute Gasteiger partial charge is 0.269 e. The third-order valence-corrected chi connectivity index (χ3v) is 3.74. The Labute approximate surface area is 146 Å². The number of pyridine rings is 1. The zero-order valence-electron chi connectivity index (χ0n) is 15.0. The maximum Gasteiger partial charge on any atom is 0.269 e. The quantitative estimate of drug-likeness (QED) is 0.801. The Hall–Kier alpha value is -2.70. The largest absolute Gasteiger partial charge is 0.489 e. The number of amides is 1. The van der Waals surface area contributed by atoms with Crippen LogP contribution in [0.1, 0.15) is 54.9 Å². The van der Waals surface area contributed by atoms with Crippen LogP contribution in [0.5, 0.6) is 5.75 Å². The van der Waals surface area contributed by atoms with Crippen LogP contribution >= 0.6 is 0 Å². The van der Waals surface area contributed by atoms with Crippen molar-refractivity contribution in [1.29, 1.82) is 0 Å². The second-order valence-electron chi connectivity index (χ2n) is 5.92. The molecule has 0 saturated heterocycles. The van der Waals surface area contributed by atoms with Gasteiger partial charge in [0.25, 0.3) is 11.5 Å². The summed E-state index contributed by atoms with van der Waals surface area (Å²) in [6.07, 6.45) is 4.43. The third kappa shape index (κ3) is 4.65. The van der Waals surface area contributed by atoms with E-state index in [9.17, 15) is 9.59 Å². The SMILES string of the molecule is CCc1n[nH]c(=O)c(CNC(=O)c2cncc(OC(C)C)c2)c1CC.